The van der Waals surface area contributed by atoms with Gasteiger partial charge in [0.25, 0.3) is 11.6 Å². The van der Waals surface area contributed by atoms with Gasteiger partial charge in [0.1, 0.15) is 5.54 Å². The fourth-order valence-electron chi connectivity index (χ4n) is 4.13. The van der Waals surface area contributed by atoms with E-state index >= 15 is 0 Å². The number of imide groups is 1. The minimum Gasteiger partial charge on any atom is -0.319 e. The van der Waals surface area contributed by atoms with Crippen LogP contribution in [0.1, 0.15) is 41.2 Å². The van der Waals surface area contributed by atoms with Gasteiger partial charge in [0, 0.05) is 11.6 Å². The lowest BCUT2D eigenvalue weighted by atomic mass is 9.89. The van der Waals surface area contributed by atoms with Gasteiger partial charge in [-0.25, -0.2) is 4.79 Å². The summed E-state index contributed by atoms with van der Waals surface area (Å²) in [6.45, 7) is 3.34. The molecule has 1 unspecified atom stereocenters. The van der Waals surface area contributed by atoms with Crippen LogP contribution in [-0.2, 0) is 29.7 Å². The highest BCUT2D eigenvalue weighted by molar-refractivity contribution is 6.07. The Bertz CT molecular complexity index is 1020. The van der Waals surface area contributed by atoms with Gasteiger partial charge in [-0.1, -0.05) is 30.3 Å². The quantitative estimate of drug-likeness (QED) is 0.501. The first-order valence-electron chi connectivity index (χ1n) is 9.30. The number of carbonyl (C=O) groups is 2. The molecular weight excluding hydrogens is 358 g/mol. The van der Waals surface area contributed by atoms with E-state index in [-0.39, 0.29) is 18.1 Å². The summed E-state index contributed by atoms with van der Waals surface area (Å²) in [5, 5.41) is 14.0. The van der Waals surface area contributed by atoms with Crippen LogP contribution < -0.4 is 5.32 Å². The van der Waals surface area contributed by atoms with Gasteiger partial charge in [-0.05, 0) is 55.4 Å². The molecule has 0 spiro atoms. The topological polar surface area (TPSA) is 92.6 Å². The van der Waals surface area contributed by atoms with E-state index in [9.17, 15) is 19.7 Å². The van der Waals surface area contributed by atoms with Crippen molar-refractivity contribution in [2.45, 2.75) is 45.2 Å². The second-order valence-corrected chi connectivity index (χ2v) is 7.60. The first-order valence-corrected chi connectivity index (χ1v) is 9.30. The average molecular weight is 379 g/mol. The largest absolute Gasteiger partial charge is 0.325 e. The molecule has 1 heterocycles. The lowest BCUT2D eigenvalue weighted by molar-refractivity contribution is -0.385. The number of nitrogens with zero attached hydrogens (tertiary/aromatic N) is 2. The maximum atomic E-state index is 13.2. The summed E-state index contributed by atoms with van der Waals surface area (Å²) < 4.78 is 0. The van der Waals surface area contributed by atoms with Crippen molar-refractivity contribution in [3.05, 3.63) is 74.3 Å². The van der Waals surface area contributed by atoms with E-state index in [1.807, 2.05) is 18.2 Å². The van der Waals surface area contributed by atoms with E-state index in [2.05, 4.69) is 5.32 Å². The molecule has 2 aromatic rings. The van der Waals surface area contributed by atoms with E-state index in [0.717, 1.165) is 29.7 Å². The number of nitrogens with one attached hydrogen (secondary N) is 1. The molecule has 28 heavy (non-hydrogen) atoms. The van der Waals surface area contributed by atoms with E-state index in [1.54, 1.807) is 26.0 Å². The van der Waals surface area contributed by atoms with Crippen molar-refractivity contribution >= 4 is 17.6 Å². The minimum absolute atomic E-state index is 0.00128. The Balaban J connectivity index is 1.65. The van der Waals surface area contributed by atoms with Crippen LogP contribution in [0.5, 0.6) is 0 Å². The highest BCUT2D eigenvalue weighted by Crippen LogP contribution is 2.34. The second kappa shape index (κ2) is 6.44. The number of nitro benzene ring substituents is 1. The number of hydrogen-bond acceptors (Lipinski definition) is 4. The minimum atomic E-state index is -1.14. The first kappa shape index (κ1) is 18.2. The molecule has 1 fully saturated rings. The first-order chi connectivity index (χ1) is 13.3. The van der Waals surface area contributed by atoms with Crippen LogP contribution in [-0.4, -0.2) is 21.8 Å². The average Bonchev–Trinajstić information content (AvgIpc) is 3.21. The SMILES string of the molecule is Cc1c(CN2C(=O)NC(C)(c3ccc4c(c3)CCC4)C2=O)cccc1[N+](=O)[O-]. The Morgan fingerprint density at radius 2 is 1.93 bits per heavy atom. The van der Waals surface area contributed by atoms with Crippen molar-refractivity contribution in [1.82, 2.24) is 10.2 Å². The van der Waals surface area contributed by atoms with E-state index < -0.39 is 16.5 Å². The zero-order chi connectivity index (χ0) is 20.1. The van der Waals surface area contributed by atoms with Gasteiger partial charge < -0.3 is 5.32 Å². The number of rotatable bonds is 4. The molecule has 0 aromatic heterocycles. The van der Waals surface area contributed by atoms with Crippen molar-refractivity contribution in [2.75, 3.05) is 0 Å². The predicted molar refractivity (Wildman–Crippen MR) is 103 cm³/mol. The van der Waals surface area contributed by atoms with Gasteiger partial charge in [0.05, 0.1) is 11.5 Å². The molecule has 144 valence electrons. The summed E-state index contributed by atoms with van der Waals surface area (Å²) in [6, 6.07) is 10.2. The monoisotopic (exact) mass is 379 g/mol. The van der Waals surface area contributed by atoms with Crippen LogP contribution >= 0.6 is 0 Å². The van der Waals surface area contributed by atoms with Crippen molar-refractivity contribution in [3.63, 3.8) is 0 Å². The molecule has 1 aliphatic carbocycles. The molecule has 2 aliphatic rings. The van der Waals surface area contributed by atoms with Crippen molar-refractivity contribution in [1.29, 1.82) is 0 Å². The smallest absolute Gasteiger partial charge is 0.319 e. The Labute approximate surface area is 162 Å². The fourth-order valence-corrected chi connectivity index (χ4v) is 4.13. The number of hydrogen-bond donors (Lipinski definition) is 1. The van der Waals surface area contributed by atoms with Crippen molar-refractivity contribution < 1.29 is 14.5 Å². The lowest BCUT2D eigenvalue weighted by Crippen LogP contribution is -2.41. The Morgan fingerprint density at radius 3 is 2.68 bits per heavy atom. The molecule has 3 amide bonds. The van der Waals surface area contributed by atoms with Gasteiger partial charge in [-0.3, -0.25) is 19.8 Å². The number of nitro groups is 1. The zero-order valence-corrected chi connectivity index (χ0v) is 15.8. The third kappa shape index (κ3) is 2.74. The number of fused-ring (bicyclic) bond motifs is 1. The molecule has 1 N–H and O–H groups in total. The summed E-state index contributed by atoms with van der Waals surface area (Å²) >= 11 is 0. The molecule has 4 rings (SSSR count). The molecule has 0 saturated carbocycles. The van der Waals surface area contributed by atoms with E-state index in [1.165, 1.54) is 17.2 Å². The number of carbonyl (C=O) groups excluding carboxylic acids is 2. The Morgan fingerprint density at radius 1 is 1.18 bits per heavy atom. The standard InChI is InChI=1S/C21H21N3O4/c1-13-16(7-4-8-18(13)24(27)28)12-23-19(25)21(2,22-20(23)26)17-10-9-14-5-3-6-15(14)11-17/h4,7-11H,3,5-6,12H2,1-2H3,(H,22,26). The lowest BCUT2D eigenvalue weighted by Gasteiger charge is -2.23. The summed E-state index contributed by atoms with van der Waals surface area (Å²) in [5.41, 5.74) is 3.18. The molecule has 1 saturated heterocycles. The van der Waals surface area contributed by atoms with Gasteiger partial charge in [0.2, 0.25) is 0 Å². The van der Waals surface area contributed by atoms with Crippen LogP contribution in [0.2, 0.25) is 0 Å². The number of aryl methyl sites for hydroxylation is 2. The highest BCUT2D eigenvalue weighted by atomic mass is 16.6. The molecule has 7 heteroatoms. The fraction of sp³-hybridized carbons (Fsp3) is 0.333. The van der Waals surface area contributed by atoms with Gasteiger partial charge in [0.15, 0.2) is 0 Å². The van der Waals surface area contributed by atoms with Gasteiger partial charge in [-0.15, -0.1) is 0 Å². The maximum absolute atomic E-state index is 13.2. The van der Waals surface area contributed by atoms with Crippen LogP contribution in [0.25, 0.3) is 0 Å². The Kier molecular flexibility index (Phi) is 4.18. The number of benzene rings is 2. The molecule has 0 radical (unpaired) electrons. The van der Waals surface area contributed by atoms with E-state index in [0.29, 0.717) is 11.1 Å². The van der Waals surface area contributed by atoms with Crippen molar-refractivity contribution in [3.8, 4) is 0 Å². The van der Waals surface area contributed by atoms with Crippen LogP contribution in [0.4, 0.5) is 10.5 Å². The third-order valence-electron chi connectivity index (χ3n) is 5.89. The highest BCUT2D eigenvalue weighted by Gasteiger charge is 2.49. The third-order valence-corrected chi connectivity index (χ3v) is 5.89. The van der Waals surface area contributed by atoms with Gasteiger partial charge >= 0.3 is 6.03 Å². The number of amides is 3. The molecule has 1 atom stereocenters. The molecule has 7 nitrogen and oxygen atoms in total. The van der Waals surface area contributed by atoms with Crippen LogP contribution in [0.15, 0.2) is 36.4 Å². The summed E-state index contributed by atoms with van der Waals surface area (Å²) in [6.07, 6.45) is 3.14. The number of urea groups is 1. The Hall–Kier alpha value is -3.22. The normalized spacial score (nSPS) is 21.0. The van der Waals surface area contributed by atoms with E-state index in [4.69, 9.17) is 0 Å². The van der Waals surface area contributed by atoms with Gasteiger partial charge in [-0.2, -0.15) is 0 Å². The summed E-state index contributed by atoms with van der Waals surface area (Å²) in [7, 11) is 0. The molecule has 0 bridgehead atoms. The van der Waals surface area contributed by atoms with Crippen LogP contribution in [0.3, 0.4) is 0 Å². The second-order valence-electron chi connectivity index (χ2n) is 7.60. The maximum Gasteiger partial charge on any atom is 0.325 e. The molecule has 2 aromatic carbocycles. The van der Waals surface area contributed by atoms with Crippen molar-refractivity contribution in [2.24, 2.45) is 0 Å². The van der Waals surface area contributed by atoms with Crippen LogP contribution in [0, 0.1) is 17.0 Å². The zero-order valence-electron chi connectivity index (χ0n) is 15.8. The predicted octanol–water partition coefficient (Wildman–Crippen LogP) is 3.36. The summed E-state index contributed by atoms with van der Waals surface area (Å²) in [5.74, 6) is -0.346. The molecular formula is C21H21N3O4. The summed E-state index contributed by atoms with van der Waals surface area (Å²) in [4.78, 5) is 37.6. The molecule has 1 aliphatic heterocycles.